The van der Waals surface area contributed by atoms with Crippen LogP contribution >= 0.6 is 11.3 Å². The zero-order valence-electron chi connectivity index (χ0n) is 15.1. The summed E-state index contributed by atoms with van der Waals surface area (Å²) in [5, 5.41) is 12.1. The van der Waals surface area contributed by atoms with Gasteiger partial charge in [0.25, 0.3) is 11.8 Å². The largest absolute Gasteiger partial charge is 0.478 e. The zero-order valence-corrected chi connectivity index (χ0v) is 16.0. The lowest BCUT2D eigenvalue weighted by Gasteiger charge is -2.07. The number of fused-ring (bicyclic) bond motifs is 6. The molecule has 28 heavy (non-hydrogen) atoms. The second-order valence-corrected chi connectivity index (χ2v) is 7.11. The number of ether oxygens (including phenoxy) is 1. The molecule has 4 rings (SSSR count). The molecule has 4 heterocycles. The van der Waals surface area contributed by atoms with Gasteiger partial charge in [-0.3, -0.25) is 14.3 Å². The molecule has 0 atom stereocenters. The maximum Gasteiger partial charge on any atom is 0.275 e. The third-order valence-electron chi connectivity index (χ3n) is 4.12. The molecule has 4 bridgehead atoms. The summed E-state index contributed by atoms with van der Waals surface area (Å²) in [5.41, 5.74) is 1.61. The van der Waals surface area contributed by atoms with Gasteiger partial charge in [0.1, 0.15) is 10.7 Å². The van der Waals surface area contributed by atoms with Gasteiger partial charge in [-0.1, -0.05) is 0 Å². The van der Waals surface area contributed by atoms with Crippen LogP contribution in [0.4, 0.5) is 5.69 Å². The van der Waals surface area contributed by atoms with Crippen LogP contribution in [0.5, 0.6) is 5.88 Å². The number of rotatable bonds is 0. The van der Waals surface area contributed by atoms with Gasteiger partial charge < -0.3 is 15.4 Å². The molecule has 2 amide bonds. The van der Waals surface area contributed by atoms with Crippen LogP contribution in [-0.4, -0.2) is 44.7 Å². The molecule has 0 saturated carbocycles. The van der Waals surface area contributed by atoms with E-state index in [1.807, 2.05) is 6.07 Å². The maximum absolute atomic E-state index is 12.6. The van der Waals surface area contributed by atoms with Crippen molar-refractivity contribution in [3.05, 3.63) is 41.3 Å². The van der Waals surface area contributed by atoms with Crippen molar-refractivity contribution in [3.63, 3.8) is 0 Å². The topological polar surface area (TPSA) is 111 Å². The van der Waals surface area contributed by atoms with Crippen LogP contribution < -0.4 is 15.4 Å². The Bertz CT molecular complexity index is 1030. The van der Waals surface area contributed by atoms with E-state index in [2.05, 4.69) is 25.7 Å². The molecule has 3 aromatic rings. The number of aromatic nitrogens is 4. The van der Waals surface area contributed by atoms with Gasteiger partial charge >= 0.3 is 0 Å². The van der Waals surface area contributed by atoms with Crippen LogP contribution in [0.1, 0.15) is 33.8 Å². The number of carbonyl (C=O) groups is 2. The number of nitrogens with one attached hydrogen (secondary N) is 2. The van der Waals surface area contributed by atoms with E-state index >= 15 is 0 Å². The molecule has 9 nitrogen and oxygen atoms in total. The molecule has 10 heteroatoms. The van der Waals surface area contributed by atoms with Crippen molar-refractivity contribution in [1.82, 2.24) is 25.1 Å². The first-order valence-electron chi connectivity index (χ1n) is 8.78. The van der Waals surface area contributed by atoms with Crippen molar-refractivity contribution in [2.45, 2.75) is 12.8 Å². The van der Waals surface area contributed by atoms with Crippen LogP contribution in [0.2, 0.25) is 0 Å². The zero-order chi connectivity index (χ0) is 19.5. The summed E-state index contributed by atoms with van der Waals surface area (Å²) in [6.45, 7) is 0.971. The fourth-order valence-electron chi connectivity index (χ4n) is 2.76. The Morgan fingerprint density at radius 2 is 2.14 bits per heavy atom. The molecule has 0 unspecified atom stereocenters. The summed E-state index contributed by atoms with van der Waals surface area (Å²) in [6.07, 6.45) is 4.76. The summed E-state index contributed by atoms with van der Waals surface area (Å²) >= 11 is 1.35. The van der Waals surface area contributed by atoms with Crippen LogP contribution in [0.15, 0.2) is 29.9 Å². The van der Waals surface area contributed by atoms with Crippen LogP contribution in [0, 0.1) is 0 Å². The van der Waals surface area contributed by atoms with E-state index in [1.165, 1.54) is 16.0 Å². The third-order valence-corrected chi connectivity index (χ3v) is 5.01. The predicted octanol–water partition coefficient (Wildman–Crippen LogP) is 2.09. The standard InChI is InChI=1S/C18H18N6O3S/c1-24-9-12-15(23-24)17(26)20-5-2-3-7-27-14-8-11(4-6-19-14)18-22-13(10-28-18)16(25)21-12/h4,6,8-10H,2-3,5,7H2,1H3,(H,20,26)(H,21,25). The van der Waals surface area contributed by atoms with Crippen molar-refractivity contribution in [1.29, 1.82) is 0 Å². The molecule has 0 aliphatic carbocycles. The number of aryl methyl sites for hydroxylation is 1. The second-order valence-electron chi connectivity index (χ2n) is 6.25. The predicted molar refractivity (Wildman–Crippen MR) is 104 cm³/mol. The fourth-order valence-corrected chi connectivity index (χ4v) is 3.55. The molecule has 0 fully saturated rings. The minimum Gasteiger partial charge on any atom is -0.478 e. The van der Waals surface area contributed by atoms with E-state index in [0.717, 1.165) is 18.4 Å². The number of nitrogens with zero attached hydrogens (tertiary/aromatic N) is 4. The lowest BCUT2D eigenvalue weighted by Crippen LogP contribution is -2.26. The number of anilines is 1. The fraction of sp³-hybridized carbons (Fsp3) is 0.278. The highest BCUT2D eigenvalue weighted by molar-refractivity contribution is 7.13. The quantitative estimate of drug-likeness (QED) is 0.600. The first-order chi connectivity index (χ1) is 13.6. The Balaban J connectivity index is 1.67. The molecule has 0 saturated heterocycles. The normalized spacial score (nSPS) is 15.0. The smallest absolute Gasteiger partial charge is 0.275 e. The first kappa shape index (κ1) is 18.1. The Morgan fingerprint density at radius 1 is 1.25 bits per heavy atom. The molecule has 2 N–H and O–H groups in total. The number of carbonyl (C=O) groups excluding carboxylic acids is 2. The molecular formula is C18H18N6O3S. The van der Waals surface area contributed by atoms with Crippen molar-refractivity contribution >= 4 is 28.8 Å². The van der Waals surface area contributed by atoms with E-state index < -0.39 is 5.91 Å². The highest BCUT2D eigenvalue weighted by Crippen LogP contribution is 2.26. The average Bonchev–Trinajstić information content (AvgIpc) is 3.31. The van der Waals surface area contributed by atoms with E-state index in [0.29, 0.717) is 29.7 Å². The lowest BCUT2D eigenvalue weighted by atomic mass is 10.3. The molecule has 0 aromatic carbocycles. The Hall–Kier alpha value is -3.27. The van der Waals surface area contributed by atoms with Crippen LogP contribution in [0.3, 0.4) is 0 Å². The number of pyridine rings is 1. The molecule has 3 aromatic heterocycles. The molecule has 0 spiro atoms. The molecule has 1 aliphatic rings. The van der Waals surface area contributed by atoms with Crippen molar-refractivity contribution in [2.24, 2.45) is 7.05 Å². The number of thiazole rings is 1. The first-order valence-corrected chi connectivity index (χ1v) is 9.66. The lowest BCUT2D eigenvalue weighted by molar-refractivity contribution is 0.0947. The maximum atomic E-state index is 12.6. The van der Waals surface area contributed by atoms with E-state index in [4.69, 9.17) is 4.74 Å². The molecule has 0 radical (unpaired) electrons. The van der Waals surface area contributed by atoms with Gasteiger partial charge in [0, 0.05) is 43.0 Å². The third kappa shape index (κ3) is 3.86. The summed E-state index contributed by atoms with van der Waals surface area (Å²) in [6, 6.07) is 3.63. The highest BCUT2D eigenvalue weighted by atomic mass is 32.1. The van der Waals surface area contributed by atoms with Gasteiger partial charge in [-0.2, -0.15) is 5.10 Å². The summed E-state index contributed by atoms with van der Waals surface area (Å²) in [4.78, 5) is 33.7. The number of hydrogen-bond donors (Lipinski definition) is 2. The van der Waals surface area contributed by atoms with E-state index in [1.54, 1.807) is 30.9 Å². The molecule has 144 valence electrons. The summed E-state index contributed by atoms with van der Waals surface area (Å²) < 4.78 is 7.17. The summed E-state index contributed by atoms with van der Waals surface area (Å²) in [7, 11) is 1.69. The Labute approximate surface area is 164 Å². The van der Waals surface area contributed by atoms with Crippen molar-refractivity contribution in [2.75, 3.05) is 18.5 Å². The highest BCUT2D eigenvalue weighted by Gasteiger charge is 2.20. The van der Waals surface area contributed by atoms with Gasteiger partial charge in [-0.15, -0.1) is 11.3 Å². The van der Waals surface area contributed by atoms with Crippen LogP contribution in [0.25, 0.3) is 10.6 Å². The minimum absolute atomic E-state index is 0.169. The van der Waals surface area contributed by atoms with E-state index in [9.17, 15) is 9.59 Å². The number of hydrogen-bond acceptors (Lipinski definition) is 7. The van der Waals surface area contributed by atoms with Gasteiger partial charge in [0.05, 0.1) is 12.3 Å². The van der Waals surface area contributed by atoms with Gasteiger partial charge in [0.15, 0.2) is 5.69 Å². The van der Waals surface area contributed by atoms with Gasteiger partial charge in [0.2, 0.25) is 5.88 Å². The Morgan fingerprint density at radius 3 is 3.04 bits per heavy atom. The monoisotopic (exact) mass is 398 g/mol. The van der Waals surface area contributed by atoms with Gasteiger partial charge in [-0.25, -0.2) is 9.97 Å². The van der Waals surface area contributed by atoms with Crippen LogP contribution in [-0.2, 0) is 7.05 Å². The summed E-state index contributed by atoms with van der Waals surface area (Å²) in [5.74, 6) is -0.239. The average molecular weight is 398 g/mol. The Kier molecular flexibility index (Phi) is 5.02. The SMILES string of the molecule is Cn1cc2c(n1)C(=O)NCCCCOc1cc(ccn1)-c1nc(cs1)C(=O)N2. The van der Waals surface area contributed by atoms with E-state index in [-0.39, 0.29) is 17.3 Å². The van der Waals surface area contributed by atoms with Crippen molar-refractivity contribution in [3.8, 4) is 16.5 Å². The molecule has 1 aliphatic heterocycles. The van der Waals surface area contributed by atoms with Gasteiger partial charge in [-0.05, 0) is 18.9 Å². The minimum atomic E-state index is -0.403. The second kappa shape index (κ2) is 7.77. The van der Waals surface area contributed by atoms with Crippen molar-refractivity contribution < 1.29 is 14.3 Å². The molecular weight excluding hydrogens is 380 g/mol. The number of amides is 2.